The number of carbonyl (C=O) groups is 3. The number of carboxylic acids is 1. The second kappa shape index (κ2) is 6.39. The molecule has 0 saturated heterocycles. The van der Waals surface area contributed by atoms with Crippen LogP contribution in [0.25, 0.3) is 0 Å². The topological polar surface area (TPSA) is 92.7 Å². The molecular weight excluding hydrogens is 238 g/mol. The van der Waals surface area contributed by atoms with Crippen molar-refractivity contribution in [2.24, 2.45) is 0 Å². The highest BCUT2D eigenvalue weighted by Crippen LogP contribution is 2.16. The number of benzene rings is 1. The van der Waals surface area contributed by atoms with E-state index in [2.05, 4.69) is 5.32 Å². The number of hydrogen-bond donors (Lipinski definition) is 2. The van der Waals surface area contributed by atoms with Gasteiger partial charge in [0.2, 0.25) is 5.91 Å². The van der Waals surface area contributed by atoms with Gasteiger partial charge in [-0.2, -0.15) is 0 Å². The molecule has 6 heteroatoms. The first-order valence-corrected chi connectivity index (χ1v) is 5.27. The van der Waals surface area contributed by atoms with Gasteiger partial charge < -0.3 is 15.2 Å². The van der Waals surface area contributed by atoms with Gasteiger partial charge in [0.25, 0.3) is 0 Å². The van der Waals surface area contributed by atoms with E-state index in [0.717, 1.165) is 0 Å². The van der Waals surface area contributed by atoms with Crippen molar-refractivity contribution in [3.63, 3.8) is 0 Å². The van der Waals surface area contributed by atoms with E-state index in [4.69, 9.17) is 9.84 Å². The minimum Gasteiger partial charge on any atom is -0.481 e. The first-order chi connectivity index (χ1) is 8.47. The molecule has 0 spiro atoms. The van der Waals surface area contributed by atoms with Crippen LogP contribution in [0.15, 0.2) is 24.3 Å². The van der Waals surface area contributed by atoms with Gasteiger partial charge in [-0.3, -0.25) is 14.4 Å². The zero-order valence-electron chi connectivity index (χ0n) is 9.80. The third-order valence-corrected chi connectivity index (χ3v) is 1.97. The third kappa shape index (κ3) is 5.11. The maximum absolute atomic E-state index is 11.3. The van der Waals surface area contributed by atoms with Gasteiger partial charge in [0.15, 0.2) is 0 Å². The van der Waals surface area contributed by atoms with Crippen LogP contribution in [0.2, 0.25) is 0 Å². The molecule has 0 saturated carbocycles. The van der Waals surface area contributed by atoms with Crippen LogP contribution < -0.4 is 10.1 Å². The Morgan fingerprint density at radius 1 is 1.17 bits per heavy atom. The second-order valence-electron chi connectivity index (χ2n) is 3.56. The molecule has 1 aromatic rings. The molecule has 0 fully saturated rings. The van der Waals surface area contributed by atoms with Gasteiger partial charge in [-0.1, -0.05) is 0 Å². The van der Waals surface area contributed by atoms with Crippen LogP contribution in [-0.2, 0) is 14.4 Å². The molecule has 0 aliphatic rings. The second-order valence-corrected chi connectivity index (χ2v) is 3.56. The largest absolute Gasteiger partial charge is 0.481 e. The molecule has 0 aliphatic carbocycles. The molecule has 1 rings (SSSR count). The lowest BCUT2D eigenvalue weighted by Gasteiger charge is -2.05. The van der Waals surface area contributed by atoms with Crippen LogP contribution >= 0.6 is 0 Å². The third-order valence-electron chi connectivity index (χ3n) is 1.97. The van der Waals surface area contributed by atoms with Gasteiger partial charge in [-0.05, 0) is 24.3 Å². The molecule has 18 heavy (non-hydrogen) atoms. The van der Waals surface area contributed by atoms with Gasteiger partial charge in [0, 0.05) is 19.0 Å². The zero-order chi connectivity index (χ0) is 13.5. The van der Waals surface area contributed by atoms with Crippen molar-refractivity contribution in [3.05, 3.63) is 24.3 Å². The fraction of sp³-hybridized carbons (Fsp3) is 0.250. The van der Waals surface area contributed by atoms with Gasteiger partial charge in [0.05, 0.1) is 6.42 Å². The fourth-order valence-corrected chi connectivity index (χ4v) is 1.22. The zero-order valence-corrected chi connectivity index (χ0v) is 9.80. The molecule has 0 radical (unpaired) electrons. The smallest absolute Gasteiger partial charge is 0.308 e. The Balaban J connectivity index is 2.50. The molecule has 0 bridgehead atoms. The Kier molecular flexibility index (Phi) is 4.86. The molecule has 1 aromatic carbocycles. The van der Waals surface area contributed by atoms with Crippen molar-refractivity contribution in [1.82, 2.24) is 0 Å². The molecule has 0 heterocycles. The minimum absolute atomic E-state index is 0.0823. The van der Waals surface area contributed by atoms with Crippen LogP contribution in [-0.4, -0.2) is 23.0 Å². The predicted molar refractivity (Wildman–Crippen MR) is 63.3 cm³/mol. The molecule has 0 atom stereocenters. The molecule has 1 amide bonds. The molecule has 2 N–H and O–H groups in total. The summed E-state index contributed by atoms with van der Waals surface area (Å²) in [7, 11) is 0. The number of carboxylic acid groups (broad SMARTS) is 1. The van der Waals surface area contributed by atoms with E-state index in [1.54, 1.807) is 12.1 Å². The average Bonchev–Trinajstić information content (AvgIpc) is 2.28. The summed E-state index contributed by atoms with van der Waals surface area (Å²) in [5.41, 5.74) is 0.515. The number of ether oxygens (including phenoxy) is 1. The van der Waals surface area contributed by atoms with E-state index in [1.807, 2.05) is 0 Å². The van der Waals surface area contributed by atoms with Crippen molar-refractivity contribution in [2.75, 3.05) is 5.32 Å². The van der Waals surface area contributed by atoms with Gasteiger partial charge in [-0.25, -0.2) is 0 Å². The lowest BCUT2D eigenvalue weighted by Crippen LogP contribution is -2.13. The van der Waals surface area contributed by atoms with Crippen molar-refractivity contribution in [3.8, 4) is 5.75 Å². The summed E-state index contributed by atoms with van der Waals surface area (Å²) < 4.78 is 4.82. The van der Waals surface area contributed by atoms with E-state index >= 15 is 0 Å². The quantitative estimate of drug-likeness (QED) is 0.609. The van der Waals surface area contributed by atoms with E-state index in [9.17, 15) is 14.4 Å². The Morgan fingerprint density at radius 2 is 1.78 bits per heavy atom. The number of nitrogens with one attached hydrogen (secondary N) is 1. The number of rotatable bonds is 5. The van der Waals surface area contributed by atoms with Gasteiger partial charge in [-0.15, -0.1) is 0 Å². The summed E-state index contributed by atoms with van der Waals surface area (Å²) in [6.45, 7) is 1.29. The van der Waals surface area contributed by atoms with Crippen LogP contribution in [0.1, 0.15) is 19.8 Å². The number of hydrogen-bond acceptors (Lipinski definition) is 4. The van der Waals surface area contributed by atoms with Crippen LogP contribution in [0.5, 0.6) is 5.75 Å². The van der Waals surface area contributed by atoms with E-state index in [1.165, 1.54) is 19.1 Å². The molecule has 0 unspecified atom stereocenters. The van der Waals surface area contributed by atoms with Crippen molar-refractivity contribution in [1.29, 1.82) is 0 Å². The summed E-state index contributed by atoms with van der Waals surface area (Å²) in [6.07, 6.45) is -0.293. The lowest BCUT2D eigenvalue weighted by molar-refractivity contribution is -0.138. The summed E-state index contributed by atoms with van der Waals surface area (Å²) in [5.74, 6) is -1.44. The van der Waals surface area contributed by atoms with Crippen LogP contribution in [0.4, 0.5) is 5.69 Å². The van der Waals surface area contributed by atoms with Crippen LogP contribution in [0.3, 0.4) is 0 Å². The standard InChI is InChI=1S/C12H13NO5/c1-8(14)18-10-4-2-9(3-5-10)13-11(15)6-7-12(16)17/h2-5H,6-7H2,1H3,(H,13,15)(H,16,17). The Morgan fingerprint density at radius 3 is 2.28 bits per heavy atom. The summed E-state index contributed by atoms with van der Waals surface area (Å²) in [5, 5.41) is 11.0. The van der Waals surface area contributed by atoms with Gasteiger partial charge in [0.1, 0.15) is 5.75 Å². The fourth-order valence-electron chi connectivity index (χ4n) is 1.22. The number of anilines is 1. The molecular formula is C12H13NO5. The van der Waals surface area contributed by atoms with Crippen LogP contribution in [0, 0.1) is 0 Å². The maximum atomic E-state index is 11.3. The number of carbonyl (C=O) groups excluding carboxylic acids is 2. The van der Waals surface area contributed by atoms with Gasteiger partial charge >= 0.3 is 11.9 Å². The highest BCUT2D eigenvalue weighted by Gasteiger charge is 2.06. The monoisotopic (exact) mass is 251 g/mol. The Bertz CT molecular complexity index is 452. The van der Waals surface area contributed by atoms with Crippen molar-refractivity contribution < 1.29 is 24.2 Å². The SMILES string of the molecule is CC(=O)Oc1ccc(NC(=O)CCC(=O)O)cc1. The number of aliphatic carboxylic acids is 1. The summed E-state index contributed by atoms with van der Waals surface area (Å²) >= 11 is 0. The Labute approximate surface area is 104 Å². The molecule has 0 aliphatic heterocycles. The minimum atomic E-state index is -1.02. The van der Waals surface area contributed by atoms with E-state index in [-0.39, 0.29) is 18.7 Å². The highest BCUT2D eigenvalue weighted by atomic mass is 16.5. The van der Waals surface area contributed by atoms with Crippen molar-refractivity contribution in [2.45, 2.75) is 19.8 Å². The van der Waals surface area contributed by atoms with E-state index in [0.29, 0.717) is 11.4 Å². The normalized spacial score (nSPS) is 9.61. The molecule has 96 valence electrons. The first-order valence-electron chi connectivity index (χ1n) is 5.27. The Hall–Kier alpha value is -2.37. The predicted octanol–water partition coefficient (Wildman–Crippen LogP) is 1.42. The lowest BCUT2D eigenvalue weighted by atomic mass is 10.2. The summed E-state index contributed by atoms with van der Waals surface area (Å²) in [6, 6.07) is 6.20. The first kappa shape index (κ1) is 13.7. The number of esters is 1. The van der Waals surface area contributed by atoms with Crippen molar-refractivity contribution >= 4 is 23.5 Å². The average molecular weight is 251 g/mol. The highest BCUT2D eigenvalue weighted by molar-refractivity contribution is 5.92. The molecule has 0 aromatic heterocycles. The summed E-state index contributed by atoms with van der Waals surface area (Å²) in [4.78, 5) is 32.3. The van der Waals surface area contributed by atoms with E-state index < -0.39 is 11.9 Å². The molecule has 6 nitrogen and oxygen atoms in total. The maximum Gasteiger partial charge on any atom is 0.308 e. The number of amides is 1.